The molecule has 1 saturated heterocycles. The molecule has 0 atom stereocenters. The summed E-state index contributed by atoms with van der Waals surface area (Å²) in [7, 11) is 0. The zero-order chi connectivity index (χ0) is 18.7. The van der Waals surface area contributed by atoms with E-state index in [1.807, 2.05) is 4.90 Å². The lowest BCUT2D eigenvalue weighted by atomic mass is 10.1. The van der Waals surface area contributed by atoms with E-state index in [-0.39, 0.29) is 24.2 Å². The molecule has 140 valence electrons. The van der Waals surface area contributed by atoms with Gasteiger partial charge in [-0.3, -0.25) is 4.90 Å². The molecule has 0 N–H and O–H groups in total. The number of rotatable bonds is 4. The van der Waals surface area contributed by atoms with Crippen LogP contribution >= 0.6 is 0 Å². The first kappa shape index (κ1) is 18.5. The highest BCUT2D eigenvalue weighted by Gasteiger charge is 2.33. The number of nitrogens with zero attached hydrogens (tertiary/aromatic N) is 3. The van der Waals surface area contributed by atoms with Gasteiger partial charge in [0.1, 0.15) is 17.7 Å². The van der Waals surface area contributed by atoms with Crippen molar-refractivity contribution in [1.82, 2.24) is 14.9 Å². The molecule has 2 heterocycles. The van der Waals surface area contributed by atoms with Gasteiger partial charge in [0.15, 0.2) is 5.69 Å². The van der Waals surface area contributed by atoms with Crippen molar-refractivity contribution in [3.05, 3.63) is 53.4 Å². The SMILES string of the molecule is Fc1ccc(F)c(CN2CCC(Oc3nccc(C(F)(F)F)n3)CC2)c1. The van der Waals surface area contributed by atoms with Crippen LogP contribution in [0.25, 0.3) is 0 Å². The maximum Gasteiger partial charge on any atom is 0.433 e. The van der Waals surface area contributed by atoms with Crippen LogP contribution in [0.1, 0.15) is 24.1 Å². The van der Waals surface area contributed by atoms with Crippen molar-refractivity contribution in [2.75, 3.05) is 13.1 Å². The number of likely N-dealkylation sites (tertiary alicyclic amines) is 1. The Morgan fingerprint density at radius 2 is 1.85 bits per heavy atom. The third kappa shape index (κ3) is 4.66. The van der Waals surface area contributed by atoms with Gasteiger partial charge in [-0.25, -0.2) is 13.8 Å². The molecule has 2 aromatic rings. The highest BCUT2D eigenvalue weighted by molar-refractivity contribution is 5.18. The normalized spacial score (nSPS) is 16.7. The first-order chi connectivity index (χ1) is 12.3. The zero-order valence-corrected chi connectivity index (χ0v) is 13.6. The van der Waals surface area contributed by atoms with Crippen molar-refractivity contribution < 1.29 is 26.7 Å². The third-order valence-electron chi connectivity index (χ3n) is 4.13. The van der Waals surface area contributed by atoms with E-state index in [0.717, 1.165) is 30.5 Å². The molecule has 0 unspecified atom stereocenters. The van der Waals surface area contributed by atoms with E-state index >= 15 is 0 Å². The number of benzene rings is 1. The zero-order valence-electron chi connectivity index (χ0n) is 13.6. The van der Waals surface area contributed by atoms with Crippen molar-refractivity contribution in [2.45, 2.75) is 31.7 Å². The fourth-order valence-corrected chi connectivity index (χ4v) is 2.80. The van der Waals surface area contributed by atoms with Gasteiger partial charge in [-0.15, -0.1) is 0 Å². The fraction of sp³-hybridized carbons (Fsp3) is 0.412. The molecule has 1 fully saturated rings. The lowest BCUT2D eigenvalue weighted by molar-refractivity contribution is -0.141. The van der Waals surface area contributed by atoms with Gasteiger partial charge in [0.2, 0.25) is 0 Å². The Morgan fingerprint density at radius 1 is 1.12 bits per heavy atom. The summed E-state index contributed by atoms with van der Waals surface area (Å²) < 4.78 is 70.3. The Hall–Kier alpha value is -2.29. The quantitative estimate of drug-likeness (QED) is 0.764. The smallest absolute Gasteiger partial charge is 0.433 e. The van der Waals surface area contributed by atoms with Crippen molar-refractivity contribution >= 4 is 0 Å². The largest absolute Gasteiger partial charge is 0.460 e. The Morgan fingerprint density at radius 3 is 2.54 bits per heavy atom. The number of piperidine rings is 1. The highest BCUT2D eigenvalue weighted by Crippen LogP contribution is 2.28. The first-order valence-electron chi connectivity index (χ1n) is 8.04. The lowest BCUT2D eigenvalue weighted by Crippen LogP contribution is -2.38. The average Bonchev–Trinajstić information content (AvgIpc) is 2.59. The molecule has 4 nitrogen and oxygen atoms in total. The van der Waals surface area contributed by atoms with E-state index in [2.05, 4.69) is 9.97 Å². The van der Waals surface area contributed by atoms with Crippen molar-refractivity contribution in [3.63, 3.8) is 0 Å². The second-order valence-corrected chi connectivity index (χ2v) is 6.05. The van der Waals surface area contributed by atoms with Crippen LogP contribution in [-0.2, 0) is 12.7 Å². The summed E-state index contributed by atoms with van der Waals surface area (Å²) >= 11 is 0. The first-order valence-corrected chi connectivity index (χ1v) is 8.04. The topological polar surface area (TPSA) is 38.2 Å². The van der Waals surface area contributed by atoms with Crippen LogP contribution < -0.4 is 4.74 Å². The van der Waals surface area contributed by atoms with Crippen LogP contribution in [0.3, 0.4) is 0 Å². The number of hydrogen-bond donors (Lipinski definition) is 0. The third-order valence-corrected chi connectivity index (χ3v) is 4.13. The summed E-state index contributed by atoms with van der Waals surface area (Å²) in [6, 6.07) is 3.78. The molecule has 26 heavy (non-hydrogen) atoms. The van der Waals surface area contributed by atoms with Crippen LogP contribution in [0.2, 0.25) is 0 Å². The number of hydrogen-bond acceptors (Lipinski definition) is 4. The maximum absolute atomic E-state index is 13.7. The second-order valence-electron chi connectivity index (χ2n) is 6.05. The van der Waals surface area contributed by atoms with Gasteiger partial charge in [-0.2, -0.15) is 18.2 Å². The van der Waals surface area contributed by atoms with Crippen LogP contribution in [0.4, 0.5) is 22.0 Å². The fourth-order valence-electron chi connectivity index (χ4n) is 2.80. The predicted octanol–water partition coefficient (Wildman–Crippen LogP) is 3.82. The molecule has 0 amide bonds. The Kier molecular flexibility index (Phi) is 5.36. The van der Waals surface area contributed by atoms with Crippen LogP contribution in [0.15, 0.2) is 30.5 Å². The van der Waals surface area contributed by atoms with E-state index in [1.54, 1.807) is 0 Å². The van der Waals surface area contributed by atoms with Gasteiger partial charge in [0, 0.05) is 31.4 Å². The molecule has 1 aliphatic rings. The van der Waals surface area contributed by atoms with Crippen LogP contribution in [0.5, 0.6) is 6.01 Å². The average molecular weight is 373 g/mol. The summed E-state index contributed by atoms with van der Waals surface area (Å²) in [6.45, 7) is 1.34. The molecule has 0 aliphatic carbocycles. The van der Waals surface area contributed by atoms with E-state index in [1.165, 1.54) is 0 Å². The molecular weight excluding hydrogens is 357 g/mol. The Labute approximate surface area is 146 Å². The van der Waals surface area contributed by atoms with E-state index < -0.39 is 23.5 Å². The molecule has 9 heteroatoms. The molecule has 0 radical (unpaired) electrons. The Balaban J connectivity index is 1.55. The van der Waals surface area contributed by atoms with Crippen LogP contribution in [-0.4, -0.2) is 34.1 Å². The minimum atomic E-state index is -4.56. The minimum absolute atomic E-state index is 0.260. The highest BCUT2D eigenvalue weighted by atomic mass is 19.4. The van der Waals surface area contributed by atoms with Gasteiger partial charge < -0.3 is 4.74 Å². The Bertz CT molecular complexity index is 760. The van der Waals surface area contributed by atoms with Crippen molar-refractivity contribution in [2.24, 2.45) is 0 Å². The summed E-state index contributed by atoms with van der Waals surface area (Å²) in [6.07, 6.45) is -2.83. The number of alkyl halides is 3. The summed E-state index contributed by atoms with van der Waals surface area (Å²) in [5.41, 5.74) is -0.785. The van der Waals surface area contributed by atoms with E-state index in [0.29, 0.717) is 25.9 Å². The molecule has 1 aromatic carbocycles. The summed E-state index contributed by atoms with van der Waals surface area (Å²) in [5.74, 6) is -0.969. The molecule has 3 rings (SSSR count). The standard InChI is InChI=1S/C17H16F5N3O/c18-12-1-2-14(19)11(9-12)10-25-7-4-13(5-8-25)26-16-23-6-3-15(24-16)17(20,21)22/h1-3,6,9,13H,4-5,7-8,10H2. The van der Waals surface area contributed by atoms with Crippen molar-refractivity contribution in [3.8, 4) is 6.01 Å². The van der Waals surface area contributed by atoms with Gasteiger partial charge >= 0.3 is 12.2 Å². The predicted molar refractivity (Wildman–Crippen MR) is 82.3 cm³/mol. The molecule has 1 aromatic heterocycles. The summed E-state index contributed by atoms with van der Waals surface area (Å²) in [4.78, 5) is 9.04. The van der Waals surface area contributed by atoms with Gasteiger partial charge in [-0.1, -0.05) is 0 Å². The monoisotopic (exact) mass is 373 g/mol. The second kappa shape index (κ2) is 7.53. The summed E-state index contributed by atoms with van der Waals surface area (Å²) in [5, 5.41) is 0. The van der Waals surface area contributed by atoms with E-state index in [4.69, 9.17) is 4.74 Å². The molecule has 0 bridgehead atoms. The van der Waals surface area contributed by atoms with Gasteiger partial charge in [0.25, 0.3) is 0 Å². The van der Waals surface area contributed by atoms with Gasteiger partial charge in [0.05, 0.1) is 0 Å². The molecule has 1 aliphatic heterocycles. The molecule has 0 spiro atoms. The van der Waals surface area contributed by atoms with Crippen LogP contribution in [0, 0.1) is 11.6 Å². The number of halogens is 5. The number of ether oxygens (including phenoxy) is 1. The lowest BCUT2D eigenvalue weighted by Gasteiger charge is -2.31. The van der Waals surface area contributed by atoms with E-state index in [9.17, 15) is 22.0 Å². The van der Waals surface area contributed by atoms with Crippen molar-refractivity contribution in [1.29, 1.82) is 0 Å². The molecule has 0 saturated carbocycles. The number of aromatic nitrogens is 2. The minimum Gasteiger partial charge on any atom is -0.460 e. The maximum atomic E-state index is 13.7. The molecular formula is C17H16F5N3O. The van der Waals surface area contributed by atoms with Gasteiger partial charge in [-0.05, 0) is 37.1 Å².